The van der Waals surface area contributed by atoms with Crippen LogP contribution in [0.25, 0.3) is 0 Å². The molecular weight excluding hydrogens is 256 g/mol. The molecule has 5 nitrogen and oxygen atoms in total. The molecule has 102 valence electrons. The number of hydrogen-bond donors (Lipinski definition) is 0. The number of carbonyl (C=O) groups excluding carboxylic acids is 3. The predicted molar refractivity (Wildman–Crippen MR) is 69.3 cm³/mol. The largest absolute Gasteiger partial charge is 0.465 e. The smallest absolute Gasteiger partial charge is 0.336 e. The first kappa shape index (κ1) is 16.7. The Morgan fingerprint density at radius 1 is 1.00 bits per heavy atom. The maximum atomic E-state index is 12.0. The van der Waals surface area contributed by atoms with Gasteiger partial charge >= 0.3 is 11.9 Å². The zero-order valence-corrected chi connectivity index (χ0v) is 11.9. The van der Waals surface area contributed by atoms with E-state index in [-0.39, 0.29) is 24.5 Å². The maximum absolute atomic E-state index is 12.0. The molecule has 0 fully saturated rings. The highest BCUT2D eigenvalue weighted by atomic mass is 32.1. The van der Waals surface area contributed by atoms with E-state index >= 15 is 0 Å². The van der Waals surface area contributed by atoms with Crippen molar-refractivity contribution in [3.63, 3.8) is 0 Å². The van der Waals surface area contributed by atoms with Crippen LogP contribution in [0.2, 0.25) is 0 Å². The maximum Gasteiger partial charge on any atom is 0.336 e. The number of hydrogen-bond acceptors (Lipinski definition) is 6. The van der Waals surface area contributed by atoms with Gasteiger partial charge in [0.25, 0.3) is 5.41 Å². The Labute approximate surface area is 112 Å². The number of ketones is 1. The minimum atomic E-state index is -2.10. The first-order valence-corrected chi connectivity index (χ1v) is 6.19. The van der Waals surface area contributed by atoms with Crippen LogP contribution in [0, 0.1) is 5.41 Å². The molecule has 0 atom stereocenters. The first-order valence-electron chi connectivity index (χ1n) is 5.78. The van der Waals surface area contributed by atoms with Gasteiger partial charge in [0.2, 0.25) is 0 Å². The Hall–Kier alpha value is -1.30. The monoisotopic (exact) mass is 274 g/mol. The molecule has 0 aromatic carbocycles. The van der Waals surface area contributed by atoms with E-state index in [0.29, 0.717) is 0 Å². The highest BCUT2D eigenvalue weighted by Gasteiger charge is 2.56. The van der Waals surface area contributed by atoms with E-state index in [2.05, 4.69) is 0 Å². The Balaban J connectivity index is 5.73. The minimum absolute atomic E-state index is 0.0203. The van der Waals surface area contributed by atoms with Crippen LogP contribution in [0.3, 0.4) is 0 Å². The molecule has 0 saturated heterocycles. The summed E-state index contributed by atoms with van der Waals surface area (Å²) in [5, 5.41) is 0. The van der Waals surface area contributed by atoms with E-state index in [1.807, 2.05) is 0 Å². The number of Topliss-reactive ketones (excluding diaryl/α,β-unsaturated/α-hetero) is 1. The van der Waals surface area contributed by atoms with Crippen LogP contribution in [0.1, 0.15) is 34.1 Å². The summed E-state index contributed by atoms with van der Waals surface area (Å²) in [5.74, 6) is -2.59. The average Bonchev–Trinajstić information content (AvgIpc) is 2.29. The van der Waals surface area contributed by atoms with E-state index in [1.165, 1.54) is 0 Å². The molecule has 0 radical (unpaired) electrons. The van der Waals surface area contributed by atoms with Crippen LogP contribution in [-0.4, -0.2) is 35.8 Å². The quantitative estimate of drug-likeness (QED) is 0.398. The molecule has 0 spiro atoms. The number of rotatable bonds is 7. The zero-order valence-electron chi connectivity index (χ0n) is 11.1. The van der Waals surface area contributed by atoms with Crippen molar-refractivity contribution in [1.82, 2.24) is 0 Å². The highest BCUT2D eigenvalue weighted by molar-refractivity contribution is 7.80. The molecule has 0 heterocycles. The van der Waals surface area contributed by atoms with Gasteiger partial charge in [0.1, 0.15) is 0 Å². The first-order chi connectivity index (χ1) is 8.39. The van der Waals surface area contributed by atoms with E-state index in [0.717, 1.165) is 6.92 Å². The molecule has 0 amide bonds. The van der Waals surface area contributed by atoms with Crippen molar-refractivity contribution in [3.05, 3.63) is 0 Å². The van der Waals surface area contributed by atoms with Gasteiger partial charge in [-0.3, -0.25) is 4.79 Å². The molecule has 0 aromatic heterocycles. The fourth-order valence-corrected chi connectivity index (χ4v) is 1.85. The number of thiocarbonyl (C=S) groups is 1. The standard InChI is InChI=1S/C12H18O5S/c1-5-9(18)12(8(4)13,10(14)16-6-2)11(15)17-7-3/h5-7H2,1-4H3. The fourth-order valence-electron chi connectivity index (χ4n) is 1.54. The van der Waals surface area contributed by atoms with Gasteiger partial charge in [-0.1, -0.05) is 19.1 Å². The van der Waals surface area contributed by atoms with Gasteiger partial charge in [0.15, 0.2) is 5.78 Å². The molecule has 18 heavy (non-hydrogen) atoms. The second-order valence-corrected chi connectivity index (χ2v) is 4.02. The van der Waals surface area contributed by atoms with Crippen molar-refractivity contribution in [2.24, 2.45) is 5.41 Å². The second kappa shape index (κ2) is 7.20. The van der Waals surface area contributed by atoms with Crippen LogP contribution in [-0.2, 0) is 23.9 Å². The van der Waals surface area contributed by atoms with Crippen molar-refractivity contribution in [2.75, 3.05) is 13.2 Å². The second-order valence-electron chi connectivity index (χ2n) is 3.52. The Kier molecular flexibility index (Phi) is 6.68. The predicted octanol–water partition coefficient (Wildman–Crippen LogP) is 1.47. The van der Waals surface area contributed by atoms with Crippen LogP contribution in [0.15, 0.2) is 0 Å². The van der Waals surface area contributed by atoms with Crippen molar-refractivity contribution in [2.45, 2.75) is 34.1 Å². The number of esters is 2. The molecule has 0 aliphatic rings. The van der Waals surface area contributed by atoms with E-state index in [9.17, 15) is 14.4 Å². The lowest BCUT2D eigenvalue weighted by atomic mass is 9.79. The lowest BCUT2D eigenvalue weighted by molar-refractivity contribution is -0.168. The molecule has 0 aliphatic carbocycles. The summed E-state index contributed by atoms with van der Waals surface area (Å²) in [6.45, 7) is 6.08. The van der Waals surface area contributed by atoms with Gasteiger partial charge in [-0.25, -0.2) is 9.59 Å². The number of ether oxygens (including phenoxy) is 2. The molecule has 0 unspecified atom stereocenters. The van der Waals surface area contributed by atoms with Crippen LogP contribution < -0.4 is 0 Å². The van der Waals surface area contributed by atoms with Gasteiger partial charge in [0, 0.05) is 4.86 Å². The summed E-state index contributed by atoms with van der Waals surface area (Å²) >= 11 is 5.02. The fraction of sp³-hybridized carbons (Fsp3) is 0.667. The van der Waals surface area contributed by atoms with Gasteiger partial charge in [-0.05, 0) is 27.2 Å². The molecule has 0 aromatic rings. The summed E-state index contributed by atoms with van der Waals surface area (Å²) in [7, 11) is 0. The van der Waals surface area contributed by atoms with Crippen molar-refractivity contribution >= 4 is 34.8 Å². The van der Waals surface area contributed by atoms with Gasteiger partial charge < -0.3 is 9.47 Å². The van der Waals surface area contributed by atoms with E-state index < -0.39 is 23.1 Å². The third-order valence-electron chi connectivity index (χ3n) is 2.43. The molecule has 0 N–H and O–H groups in total. The lowest BCUT2D eigenvalue weighted by Gasteiger charge is -2.26. The number of carbonyl (C=O) groups is 3. The molecule has 0 saturated carbocycles. The van der Waals surface area contributed by atoms with Gasteiger partial charge in [0.05, 0.1) is 13.2 Å². The highest BCUT2D eigenvalue weighted by Crippen LogP contribution is 2.27. The Bertz CT molecular complexity index is 343. The minimum Gasteiger partial charge on any atom is -0.465 e. The summed E-state index contributed by atoms with van der Waals surface area (Å²) in [4.78, 5) is 35.8. The summed E-state index contributed by atoms with van der Waals surface area (Å²) in [6, 6.07) is 0. The summed E-state index contributed by atoms with van der Waals surface area (Å²) in [6.07, 6.45) is 0.229. The van der Waals surface area contributed by atoms with Crippen molar-refractivity contribution in [3.8, 4) is 0 Å². The molecular formula is C12H18O5S. The lowest BCUT2D eigenvalue weighted by Crippen LogP contribution is -2.52. The summed E-state index contributed by atoms with van der Waals surface area (Å²) < 4.78 is 9.62. The van der Waals surface area contributed by atoms with E-state index in [4.69, 9.17) is 21.7 Å². The average molecular weight is 274 g/mol. The third kappa shape index (κ3) is 2.93. The molecule has 0 bridgehead atoms. The zero-order chi connectivity index (χ0) is 14.3. The normalized spacial score (nSPS) is 10.7. The van der Waals surface area contributed by atoms with Gasteiger partial charge in [-0.15, -0.1) is 0 Å². The third-order valence-corrected chi connectivity index (χ3v) is 3.03. The van der Waals surface area contributed by atoms with E-state index in [1.54, 1.807) is 20.8 Å². The van der Waals surface area contributed by atoms with Crippen LogP contribution >= 0.6 is 12.2 Å². The molecule has 0 rings (SSSR count). The van der Waals surface area contributed by atoms with Crippen molar-refractivity contribution < 1.29 is 23.9 Å². The summed E-state index contributed by atoms with van der Waals surface area (Å²) in [5.41, 5.74) is -2.10. The van der Waals surface area contributed by atoms with Crippen LogP contribution in [0.4, 0.5) is 0 Å². The molecule has 0 aliphatic heterocycles. The Morgan fingerprint density at radius 2 is 1.39 bits per heavy atom. The molecule has 6 heteroatoms. The topological polar surface area (TPSA) is 69.7 Å². The Morgan fingerprint density at radius 3 is 1.61 bits per heavy atom. The van der Waals surface area contributed by atoms with Gasteiger partial charge in [-0.2, -0.15) is 0 Å². The van der Waals surface area contributed by atoms with Crippen molar-refractivity contribution in [1.29, 1.82) is 0 Å². The SMILES string of the molecule is CCOC(=O)C(C(C)=O)(C(=O)OCC)C(=S)CC. The van der Waals surface area contributed by atoms with Crippen LogP contribution in [0.5, 0.6) is 0 Å².